The number of nitrogens with zero attached hydrogens (tertiary/aromatic N) is 3. The van der Waals surface area contributed by atoms with Crippen molar-refractivity contribution in [2.24, 2.45) is 10.9 Å². The summed E-state index contributed by atoms with van der Waals surface area (Å²) in [6.07, 6.45) is 22.8. The highest BCUT2D eigenvalue weighted by Crippen LogP contribution is 2.49. The summed E-state index contributed by atoms with van der Waals surface area (Å²) in [6, 6.07) is 31.5. The number of dihydropyridines is 1. The highest BCUT2D eigenvalue weighted by atomic mass is 28.3. The Morgan fingerprint density at radius 1 is 0.707 bits per heavy atom. The van der Waals surface area contributed by atoms with E-state index in [0.717, 1.165) is 0 Å². The van der Waals surface area contributed by atoms with Gasteiger partial charge in [0.1, 0.15) is 11.8 Å². The highest BCUT2D eigenvalue weighted by molar-refractivity contribution is 6.77. The average Bonchev–Trinajstić information content (AvgIpc) is 3.04. The first-order valence-corrected chi connectivity index (χ1v) is 16.5. The number of hydrogen-bond donors (Lipinski definition) is 0. The van der Waals surface area contributed by atoms with Gasteiger partial charge in [0.15, 0.2) is 0 Å². The van der Waals surface area contributed by atoms with Gasteiger partial charge in [0.25, 0.3) is 0 Å². The van der Waals surface area contributed by atoms with Crippen molar-refractivity contribution in [3.63, 3.8) is 0 Å². The summed E-state index contributed by atoms with van der Waals surface area (Å²) in [5.41, 5.74) is 6.30. The monoisotopic (exact) mass is 547 g/mol. The zero-order chi connectivity index (χ0) is 27.8. The number of rotatable bonds is 4. The van der Waals surface area contributed by atoms with Crippen molar-refractivity contribution >= 4 is 25.4 Å². The maximum absolute atomic E-state index is 9.61. The second kappa shape index (κ2) is 10.8. The van der Waals surface area contributed by atoms with E-state index in [1.54, 1.807) is 5.19 Å². The zero-order valence-electron chi connectivity index (χ0n) is 23.2. The molecule has 4 heteroatoms. The van der Waals surface area contributed by atoms with Crippen molar-refractivity contribution in [2.45, 2.75) is 36.1 Å². The van der Waals surface area contributed by atoms with Gasteiger partial charge < -0.3 is 4.90 Å². The van der Waals surface area contributed by atoms with Crippen molar-refractivity contribution in [3.05, 3.63) is 145 Å². The van der Waals surface area contributed by atoms with Gasteiger partial charge >= 0.3 is 0 Å². The molecule has 0 saturated carbocycles. The minimum Gasteiger partial charge on any atom is -0.358 e. The van der Waals surface area contributed by atoms with Crippen LogP contribution in [0.15, 0.2) is 145 Å². The number of benzene rings is 3. The topological polar surface area (TPSA) is 39.4 Å². The van der Waals surface area contributed by atoms with Gasteiger partial charge in [-0.2, -0.15) is 5.26 Å². The first-order valence-electron chi connectivity index (χ1n) is 14.6. The fraction of sp³-hybridized carbons (Fsp3) is 0.189. The molecule has 3 aromatic rings. The molecule has 6 atom stereocenters. The molecule has 41 heavy (non-hydrogen) atoms. The molecule has 3 nitrogen and oxygen atoms in total. The normalized spacial score (nSPS) is 29.4. The van der Waals surface area contributed by atoms with E-state index in [2.05, 4.69) is 151 Å². The Balaban J connectivity index is 1.38. The smallest absolute Gasteiger partial charge is 0.135 e. The molecule has 0 spiro atoms. The lowest BCUT2D eigenvalue weighted by Gasteiger charge is -2.54. The quantitative estimate of drug-likeness (QED) is 0.323. The Hall–Kier alpha value is -4.46. The van der Waals surface area contributed by atoms with Crippen LogP contribution in [0.1, 0.15) is 18.5 Å². The van der Waals surface area contributed by atoms with E-state index in [9.17, 15) is 5.26 Å². The summed E-state index contributed by atoms with van der Waals surface area (Å²) in [4.78, 5) is 7.57. The van der Waals surface area contributed by atoms with Crippen LogP contribution in [-0.2, 0) is 0 Å². The summed E-state index contributed by atoms with van der Waals surface area (Å²) in [5.74, 6) is 0.208. The van der Waals surface area contributed by atoms with Crippen molar-refractivity contribution in [3.8, 4) is 17.2 Å². The molecule has 1 fully saturated rings. The molecular formula is C37H33N3Si. The van der Waals surface area contributed by atoms with Gasteiger partial charge in [-0.25, -0.2) is 0 Å². The number of allylic oxidation sites excluding steroid dienone is 5. The third-order valence-corrected chi connectivity index (χ3v) is 13.2. The molecule has 3 aromatic carbocycles. The van der Waals surface area contributed by atoms with E-state index in [1.165, 1.54) is 22.4 Å². The van der Waals surface area contributed by atoms with E-state index in [0.29, 0.717) is 16.8 Å². The fourth-order valence-electron chi connectivity index (χ4n) is 7.35. The van der Waals surface area contributed by atoms with Crippen LogP contribution in [0, 0.1) is 17.2 Å². The summed E-state index contributed by atoms with van der Waals surface area (Å²) in [6.45, 7) is 2.19. The minimum atomic E-state index is -1.44. The Labute approximate surface area is 244 Å². The number of aliphatic imine (C=N–C) groups is 1. The molecule has 2 aliphatic heterocycles. The van der Waals surface area contributed by atoms with Crippen LogP contribution in [-0.4, -0.2) is 26.6 Å². The molecular weight excluding hydrogens is 515 g/mol. The van der Waals surface area contributed by atoms with Gasteiger partial charge in [-0.15, -0.1) is 0 Å². The molecule has 0 aromatic heterocycles. The third kappa shape index (κ3) is 4.47. The van der Waals surface area contributed by atoms with Crippen LogP contribution in [0.2, 0.25) is 11.1 Å². The number of nitriles is 1. The summed E-state index contributed by atoms with van der Waals surface area (Å²) < 4.78 is 0. The Morgan fingerprint density at radius 2 is 1.32 bits per heavy atom. The number of para-hydroxylation sites is 1. The van der Waals surface area contributed by atoms with Crippen LogP contribution in [0.5, 0.6) is 0 Å². The molecule has 6 unspecified atom stereocenters. The van der Waals surface area contributed by atoms with E-state index < -0.39 is 8.80 Å². The lowest BCUT2D eigenvalue weighted by atomic mass is 9.86. The first kappa shape index (κ1) is 25.5. The molecule has 200 valence electrons. The maximum atomic E-state index is 9.61. The molecule has 0 radical (unpaired) electrons. The van der Waals surface area contributed by atoms with Crippen LogP contribution in [0.4, 0.5) is 5.69 Å². The van der Waals surface area contributed by atoms with E-state index >= 15 is 0 Å². The standard InChI is InChI=1S/C37H33N3Si/c1-26-23-24-27(25-38)39-37(26)31-17-6-5-15-29(31)30-16-7-8-18-32(30)40-33-19-9-11-21-35(33)41(28-13-3-2-4-14-28)36-22-12-10-20-34(36)40/h2-24,26,33-37,41H,1H3. The number of fused-ring (bicyclic) bond motifs is 2. The van der Waals surface area contributed by atoms with E-state index in [4.69, 9.17) is 4.99 Å². The minimum absolute atomic E-state index is 0.0920. The molecule has 2 heterocycles. The molecule has 7 rings (SSSR count). The summed E-state index contributed by atoms with van der Waals surface area (Å²) >= 11 is 0. The second-order valence-electron chi connectivity index (χ2n) is 11.4. The molecule has 0 bridgehead atoms. The first-order chi connectivity index (χ1) is 20.2. The second-order valence-corrected chi connectivity index (χ2v) is 14.7. The summed E-state index contributed by atoms with van der Waals surface area (Å²) in [7, 11) is -1.44. The van der Waals surface area contributed by atoms with Crippen LogP contribution in [0.25, 0.3) is 11.1 Å². The number of hydrogen-bond acceptors (Lipinski definition) is 3. The van der Waals surface area contributed by atoms with Crippen molar-refractivity contribution in [2.75, 3.05) is 4.90 Å². The predicted octanol–water partition coefficient (Wildman–Crippen LogP) is 7.25. The van der Waals surface area contributed by atoms with Gasteiger partial charge in [0.05, 0.1) is 26.9 Å². The molecule has 0 N–H and O–H groups in total. The average molecular weight is 548 g/mol. The largest absolute Gasteiger partial charge is 0.358 e. The van der Waals surface area contributed by atoms with Crippen LogP contribution >= 0.6 is 0 Å². The zero-order valence-corrected chi connectivity index (χ0v) is 24.3. The van der Waals surface area contributed by atoms with Crippen molar-refractivity contribution in [1.82, 2.24) is 0 Å². The predicted molar refractivity (Wildman–Crippen MR) is 173 cm³/mol. The van der Waals surface area contributed by atoms with Crippen molar-refractivity contribution in [1.29, 1.82) is 5.26 Å². The van der Waals surface area contributed by atoms with Gasteiger partial charge in [-0.3, -0.25) is 4.99 Å². The summed E-state index contributed by atoms with van der Waals surface area (Å²) in [5, 5.41) is 11.1. The van der Waals surface area contributed by atoms with Crippen LogP contribution < -0.4 is 10.1 Å². The van der Waals surface area contributed by atoms with Crippen molar-refractivity contribution < 1.29 is 0 Å². The third-order valence-electron chi connectivity index (χ3n) is 9.15. The molecule has 1 saturated heterocycles. The Bertz CT molecular complexity index is 1640. The highest BCUT2D eigenvalue weighted by Gasteiger charge is 2.48. The molecule has 2 aliphatic carbocycles. The van der Waals surface area contributed by atoms with Gasteiger partial charge in [-0.05, 0) is 34.4 Å². The van der Waals surface area contributed by atoms with Gasteiger partial charge in [0.2, 0.25) is 0 Å². The lowest BCUT2D eigenvalue weighted by Crippen LogP contribution is -2.61. The van der Waals surface area contributed by atoms with E-state index in [1.807, 2.05) is 6.08 Å². The molecule has 4 aliphatic rings. The molecule has 0 amide bonds. The fourth-order valence-corrected chi connectivity index (χ4v) is 11.6. The lowest BCUT2D eigenvalue weighted by molar-refractivity contribution is 0.564. The Kier molecular flexibility index (Phi) is 6.74. The maximum Gasteiger partial charge on any atom is 0.135 e. The van der Waals surface area contributed by atoms with Crippen LogP contribution in [0.3, 0.4) is 0 Å². The van der Waals surface area contributed by atoms with E-state index in [-0.39, 0.29) is 24.0 Å². The van der Waals surface area contributed by atoms with Gasteiger partial charge in [0, 0.05) is 17.2 Å². The number of anilines is 1. The SMILES string of the molecule is CC1C=CC(C#N)=NC1c1ccccc1-c1ccccc1N1C2C=CC=CC2[SiH](c2ccccc2)C2C=CC=CC21. The Morgan fingerprint density at radius 3 is 2.02 bits per heavy atom. The van der Waals surface area contributed by atoms with Gasteiger partial charge in [-0.1, -0.05) is 140 Å².